The molecule has 0 unspecified atom stereocenters. The predicted octanol–water partition coefficient (Wildman–Crippen LogP) is 2.02. The third-order valence-corrected chi connectivity index (χ3v) is 5.08. The highest BCUT2D eigenvalue weighted by Gasteiger charge is 2.23. The van der Waals surface area contributed by atoms with Crippen molar-refractivity contribution in [1.82, 2.24) is 10.0 Å². The fourth-order valence-electron chi connectivity index (χ4n) is 1.92. The highest BCUT2D eigenvalue weighted by Crippen LogP contribution is 2.25. The predicted molar refractivity (Wildman–Crippen MR) is 72.7 cm³/mol. The van der Waals surface area contributed by atoms with Gasteiger partial charge in [-0.15, -0.1) is 0 Å². The zero-order chi connectivity index (χ0) is 13.2. The second-order valence-corrected chi connectivity index (χ2v) is 6.75. The summed E-state index contributed by atoms with van der Waals surface area (Å²) in [5, 5.41) is 3.74. The van der Waals surface area contributed by atoms with Gasteiger partial charge in [0.05, 0.1) is 5.02 Å². The maximum absolute atomic E-state index is 12.2. The van der Waals surface area contributed by atoms with Crippen LogP contribution in [0.3, 0.4) is 0 Å². The molecule has 0 saturated carbocycles. The normalized spacial score (nSPS) is 17.9. The maximum atomic E-state index is 12.2. The molecule has 0 amide bonds. The van der Waals surface area contributed by atoms with Gasteiger partial charge in [-0.1, -0.05) is 23.2 Å². The molecule has 1 saturated heterocycles. The summed E-state index contributed by atoms with van der Waals surface area (Å²) < 4.78 is 27.0. The SMILES string of the molecule is O=S(=O)(NC1CCNCC1)c1ccc(Cl)cc1Cl. The molecule has 2 N–H and O–H groups in total. The number of hydrogen-bond acceptors (Lipinski definition) is 3. The van der Waals surface area contributed by atoms with Gasteiger partial charge < -0.3 is 5.32 Å². The lowest BCUT2D eigenvalue weighted by molar-refractivity contribution is 0.427. The summed E-state index contributed by atoms with van der Waals surface area (Å²) in [5.41, 5.74) is 0. The van der Waals surface area contributed by atoms with Crippen LogP contribution in [-0.4, -0.2) is 27.5 Å². The van der Waals surface area contributed by atoms with E-state index in [0.29, 0.717) is 5.02 Å². The van der Waals surface area contributed by atoms with Crippen LogP contribution >= 0.6 is 23.2 Å². The van der Waals surface area contributed by atoms with Gasteiger partial charge in [0, 0.05) is 11.1 Å². The topological polar surface area (TPSA) is 58.2 Å². The molecule has 4 nitrogen and oxygen atoms in total. The standard InChI is InChI=1S/C11H14Cl2N2O2S/c12-8-1-2-11(10(13)7-8)18(16,17)15-9-3-5-14-6-4-9/h1-2,7,9,14-15H,3-6H2. The minimum atomic E-state index is -3.58. The number of rotatable bonds is 3. The number of benzene rings is 1. The molecule has 7 heteroatoms. The lowest BCUT2D eigenvalue weighted by Gasteiger charge is -2.23. The third-order valence-electron chi connectivity index (χ3n) is 2.84. The van der Waals surface area contributed by atoms with E-state index < -0.39 is 10.0 Å². The molecule has 0 radical (unpaired) electrons. The molecule has 1 aromatic rings. The van der Waals surface area contributed by atoms with Crippen LogP contribution in [0.2, 0.25) is 10.0 Å². The average Bonchev–Trinajstić information content (AvgIpc) is 2.29. The molecule has 0 spiro atoms. The third kappa shape index (κ3) is 3.36. The van der Waals surface area contributed by atoms with Crippen molar-refractivity contribution in [2.45, 2.75) is 23.8 Å². The zero-order valence-corrected chi connectivity index (χ0v) is 11.9. The molecule has 1 aliphatic rings. The molecule has 1 aliphatic heterocycles. The number of piperidine rings is 1. The van der Waals surface area contributed by atoms with E-state index >= 15 is 0 Å². The van der Waals surface area contributed by atoms with E-state index in [9.17, 15) is 8.42 Å². The van der Waals surface area contributed by atoms with Gasteiger partial charge in [0.15, 0.2) is 0 Å². The lowest BCUT2D eigenvalue weighted by atomic mass is 10.1. The largest absolute Gasteiger partial charge is 0.317 e. The van der Waals surface area contributed by atoms with Gasteiger partial charge in [-0.05, 0) is 44.1 Å². The van der Waals surface area contributed by atoms with Crippen molar-refractivity contribution in [3.8, 4) is 0 Å². The van der Waals surface area contributed by atoms with E-state index in [2.05, 4.69) is 10.0 Å². The summed E-state index contributed by atoms with van der Waals surface area (Å²) in [6.45, 7) is 1.64. The monoisotopic (exact) mass is 308 g/mol. The summed E-state index contributed by atoms with van der Waals surface area (Å²) in [7, 11) is -3.58. The van der Waals surface area contributed by atoms with E-state index in [0.717, 1.165) is 25.9 Å². The second kappa shape index (κ2) is 5.75. The Morgan fingerprint density at radius 2 is 1.89 bits per heavy atom. The highest BCUT2D eigenvalue weighted by molar-refractivity contribution is 7.89. The van der Waals surface area contributed by atoms with Crippen molar-refractivity contribution in [3.05, 3.63) is 28.2 Å². The Kier molecular flexibility index (Phi) is 4.50. The van der Waals surface area contributed by atoms with Crippen molar-refractivity contribution in [2.75, 3.05) is 13.1 Å². The van der Waals surface area contributed by atoms with E-state index in [4.69, 9.17) is 23.2 Å². The Labute approximate surface area is 117 Å². The van der Waals surface area contributed by atoms with Crippen LogP contribution in [0.25, 0.3) is 0 Å². The number of nitrogens with one attached hydrogen (secondary N) is 2. The van der Waals surface area contributed by atoms with Crippen molar-refractivity contribution in [1.29, 1.82) is 0 Å². The molecule has 1 aromatic carbocycles. The molecule has 18 heavy (non-hydrogen) atoms. The van der Waals surface area contributed by atoms with E-state index in [1.807, 2.05) is 0 Å². The van der Waals surface area contributed by atoms with Crippen molar-refractivity contribution >= 4 is 33.2 Å². The Morgan fingerprint density at radius 1 is 1.22 bits per heavy atom. The second-order valence-electron chi connectivity index (χ2n) is 4.22. The Balaban J connectivity index is 2.19. The highest BCUT2D eigenvalue weighted by atomic mass is 35.5. The smallest absolute Gasteiger partial charge is 0.242 e. The van der Waals surface area contributed by atoms with Crippen LogP contribution in [0.15, 0.2) is 23.1 Å². The van der Waals surface area contributed by atoms with Crippen LogP contribution in [0.4, 0.5) is 0 Å². The first kappa shape index (κ1) is 14.1. The van der Waals surface area contributed by atoms with Gasteiger partial charge in [-0.3, -0.25) is 0 Å². The lowest BCUT2D eigenvalue weighted by Crippen LogP contribution is -2.42. The Morgan fingerprint density at radius 3 is 2.50 bits per heavy atom. The van der Waals surface area contributed by atoms with Crippen molar-refractivity contribution in [3.63, 3.8) is 0 Å². The summed E-state index contributed by atoms with van der Waals surface area (Å²) in [4.78, 5) is 0.0760. The van der Waals surface area contributed by atoms with Crippen LogP contribution in [0.5, 0.6) is 0 Å². The minimum absolute atomic E-state index is 0.0389. The number of halogens is 2. The molecular formula is C11H14Cl2N2O2S. The van der Waals surface area contributed by atoms with Crippen LogP contribution in [0, 0.1) is 0 Å². The van der Waals surface area contributed by atoms with Gasteiger partial charge in [-0.2, -0.15) is 0 Å². The Hall–Kier alpha value is -0.330. The van der Waals surface area contributed by atoms with Crippen LogP contribution in [-0.2, 0) is 10.0 Å². The van der Waals surface area contributed by atoms with Gasteiger partial charge in [0.1, 0.15) is 4.90 Å². The summed E-state index contributed by atoms with van der Waals surface area (Å²) >= 11 is 11.7. The van der Waals surface area contributed by atoms with Gasteiger partial charge >= 0.3 is 0 Å². The first-order valence-electron chi connectivity index (χ1n) is 5.67. The molecule has 0 bridgehead atoms. The minimum Gasteiger partial charge on any atom is -0.317 e. The molecular weight excluding hydrogens is 295 g/mol. The van der Waals surface area contributed by atoms with Gasteiger partial charge in [0.25, 0.3) is 0 Å². The first-order chi connectivity index (χ1) is 8.49. The molecule has 0 aromatic heterocycles. The molecule has 1 heterocycles. The number of hydrogen-bond donors (Lipinski definition) is 2. The Bertz CT molecular complexity index is 528. The zero-order valence-electron chi connectivity index (χ0n) is 9.62. The molecule has 1 fully saturated rings. The van der Waals surface area contributed by atoms with E-state index in [1.165, 1.54) is 18.2 Å². The van der Waals surface area contributed by atoms with Crippen LogP contribution in [0.1, 0.15) is 12.8 Å². The fraction of sp³-hybridized carbons (Fsp3) is 0.455. The molecule has 100 valence electrons. The molecule has 0 atom stereocenters. The number of sulfonamides is 1. The summed E-state index contributed by atoms with van der Waals surface area (Å²) in [6, 6.07) is 4.33. The molecule has 2 rings (SSSR count). The molecule has 0 aliphatic carbocycles. The first-order valence-corrected chi connectivity index (χ1v) is 7.91. The maximum Gasteiger partial charge on any atom is 0.242 e. The summed E-state index contributed by atoms with van der Waals surface area (Å²) in [6.07, 6.45) is 1.56. The quantitative estimate of drug-likeness (QED) is 0.898. The van der Waals surface area contributed by atoms with E-state index in [1.54, 1.807) is 0 Å². The van der Waals surface area contributed by atoms with Crippen LogP contribution < -0.4 is 10.0 Å². The van der Waals surface area contributed by atoms with Crippen molar-refractivity contribution < 1.29 is 8.42 Å². The van der Waals surface area contributed by atoms with Gasteiger partial charge in [-0.25, -0.2) is 13.1 Å². The average molecular weight is 309 g/mol. The fourth-order valence-corrected chi connectivity index (χ4v) is 3.99. The van der Waals surface area contributed by atoms with Gasteiger partial charge in [0.2, 0.25) is 10.0 Å². The summed E-state index contributed by atoms with van der Waals surface area (Å²) in [5.74, 6) is 0. The van der Waals surface area contributed by atoms with E-state index in [-0.39, 0.29) is 16.0 Å². The van der Waals surface area contributed by atoms with Crippen molar-refractivity contribution in [2.24, 2.45) is 0 Å².